The Kier molecular flexibility index (Phi) is 5.98. The van der Waals surface area contributed by atoms with Crippen LogP contribution in [-0.2, 0) is 19.8 Å². The molecule has 6 heteroatoms. The summed E-state index contributed by atoms with van der Waals surface area (Å²) in [6, 6.07) is 30.3. The zero-order valence-electron chi connectivity index (χ0n) is 19.2. The molecule has 0 spiro atoms. The van der Waals surface area contributed by atoms with E-state index in [-0.39, 0.29) is 18.8 Å². The topological polar surface area (TPSA) is 76.5 Å². The standard InChI is InChI=1S/C28H27N3O3/c1-27(2)33-25-20(18-24(30-31-29)26(25)34-27)19-32-28(21-12-6-3-7-13-21,22-14-8-4-9-15-22)23-16-10-5-11-17-23/h3-18,24-26H,19H2,1-2H3. The van der Waals surface area contributed by atoms with Crippen molar-refractivity contribution >= 4 is 0 Å². The highest BCUT2D eigenvalue weighted by Gasteiger charge is 2.50. The fourth-order valence-electron chi connectivity index (χ4n) is 4.98. The molecule has 1 aliphatic carbocycles. The van der Waals surface area contributed by atoms with Gasteiger partial charge in [-0.15, -0.1) is 0 Å². The lowest BCUT2D eigenvalue weighted by Gasteiger charge is -2.36. The first-order chi connectivity index (χ1) is 16.5. The Morgan fingerprint density at radius 3 is 1.82 bits per heavy atom. The maximum absolute atomic E-state index is 9.07. The molecule has 3 aromatic carbocycles. The van der Waals surface area contributed by atoms with E-state index in [2.05, 4.69) is 46.4 Å². The molecule has 0 bridgehead atoms. The van der Waals surface area contributed by atoms with Crippen LogP contribution in [0.2, 0.25) is 0 Å². The smallest absolute Gasteiger partial charge is 0.164 e. The van der Waals surface area contributed by atoms with Crippen LogP contribution in [0.15, 0.2) is 108 Å². The number of hydrogen-bond acceptors (Lipinski definition) is 4. The molecule has 0 aromatic heterocycles. The Morgan fingerprint density at radius 1 is 0.853 bits per heavy atom. The first-order valence-corrected chi connectivity index (χ1v) is 11.4. The van der Waals surface area contributed by atoms with Gasteiger partial charge in [0.05, 0.1) is 12.6 Å². The second kappa shape index (κ2) is 9.09. The van der Waals surface area contributed by atoms with Gasteiger partial charge in [-0.3, -0.25) is 0 Å². The van der Waals surface area contributed by atoms with E-state index >= 15 is 0 Å². The number of ether oxygens (including phenoxy) is 3. The molecule has 3 unspecified atom stereocenters. The third-order valence-corrected chi connectivity index (χ3v) is 6.40. The molecule has 1 fully saturated rings. The summed E-state index contributed by atoms with van der Waals surface area (Å²) in [5.74, 6) is -0.757. The highest BCUT2D eigenvalue weighted by Crippen LogP contribution is 2.44. The molecule has 3 atom stereocenters. The van der Waals surface area contributed by atoms with Crippen LogP contribution in [0.5, 0.6) is 0 Å². The van der Waals surface area contributed by atoms with Crippen LogP contribution >= 0.6 is 0 Å². The summed E-state index contributed by atoms with van der Waals surface area (Å²) in [6.45, 7) is 4.04. The molecule has 1 heterocycles. The fourth-order valence-corrected chi connectivity index (χ4v) is 4.98. The Labute approximate surface area is 199 Å². The highest BCUT2D eigenvalue weighted by atomic mass is 16.8. The summed E-state index contributed by atoms with van der Waals surface area (Å²) in [5, 5.41) is 3.94. The second-order valence-electron chi connectivity index (χ2n) is 9.03. The third kappa shape index (κ3) is 4.02. The van der Waals surface area contributed by atoms with Crippen LogP contribution in [0.3, 0.4) is 0 Å². The van der Waals surface area contributed by atoms with Crippen molar-refractivity contribution in [3.63, 3.8) is 0 Å². The number of fused-ring (bicyclic) bond motifs is 1. The predicted octanol–water partition coefficient (Wildman–Crippen LogP) is 6.13. The molecule has 0 saturated carbocycles. The van der Waals surface area contributed by atoms with Crippen LogP contribution < -0.4 is 0 Å². The van der Waals surface area contributed by atoms with Crippen molar-refractivity contribution in [2.45, 2.75) is 43.5 Å². The Morgan fingerprint density at radius 2 is 1.35 bits per heavy atom. The van der Waals surface area contributed by atoms with E-state index in [1.54, 1.807) is 0 Å². The quantitative estimate of drug-likeness (QED) is 0.142. The van der Waals surface area contributed by atoms with Crippen LogP contribution in [0.1, 0.15) is 30.5 Å². The number of rotatable bonds is 7. The van der Waals surface area contributed by atoms with Crippen molar-refractivity contribution in [1.82, 2.24) is 0 Å². The molecule has 34 heavy (non-hydrogen) atoms. The largest absolute Gasteiger partial charge is 0.356 e. The minimum atomic E-state index is -0.842. The van der Waals surface area contributed by atoms with E-state index in [1.807, 2.05) is 74.5 Å². The molecule has 0 radical (unpaired) electrons. The van der Waals surface area contributed by atoms with Crippen LogP contribution in [0.25, 0.3) is 10.4 Å². The first kappa shape index (κ1) is 22.4. The number of hydrogen-bond donors (Lipinski definition) is 0. The molecule has 0 amide bonds. The van der Waals surface area contributed by atoms with Crippen molar-refractivity contribution in [1.29, 1.82) is 0 Å². The van der Waals surface area contributed by atoms with Crippen LogP contribution in [0, 0.1) is 0 Å². The van der Waals surface area contributed by atoms with E-state index in [0.717, 1.165) is 22.3 Å². The molecule has 1 aliphatic heterocycles. The molecule has 0 N–H and O–H groups in total. The van der Waals surface area contributed by atoms with Crippen LogP contribution in [0.4, 0.5) is 0 Å². The average Bonchev–Trinajstić information content (AvgIpc) is 3.35. The van der Waals surface area contributed by atoms with Crippen molar-refractivity contribution in [2.75, 3.05) is 6.61 Å². The summed E-state index contributed by atoms with van der Waals surface area (Å²) >= 11 is 0. The van der Waals surface area contributed by atoms with E-state index in [4.69, 9.17) is 19.7 Å². The Bertz CT molecular complexity index is 1110. The SMILES string of the molecule is CC1(C)OC2C(COC(c3ccccc3)(c3ccccc3)c3ccccc3)=CC(N=[N+]=[N-])C2O1. The normalized spacial score (nSPS) is 23.1. The second-order valence-corrected chi connectivity index (χ2v) is 9.03. The van der Waals surface area contributed by atoms with Gasteiger partial charge in [-0.05, 0) is 41.6 Å². The Hall–Kier alpha value is -3.41. The lowest BCUT2D eigenvalue weighted by Crippen LogP contribution is -2.35. The number of nitrogens with zero attached hydrogens (tertiary/aromatic N) is 3. The summed E-state index contributed by atoms with van der Waals surface area (Å²) in [6.07, 6.45) is 1.24. The number of azide groups is 1. The first-order valence-electron chi connectivity index (χ1n) is 11.4. The van der Waals surface area contributed by atoms with Crippen molar-refractivity contribution in [3.8, 4) is 0 Å². The minimum Gasteiger partial charge on any atom is -0.356 e. The van der Waals surface area contributed by atoms with E-state index in [9.17, 15) is 0 Å². The van der Waals surface area contributed by atoms with Gasteiger partial charge in [0.2, 0.25) is 0 Å². The summed E-state index contributed by atoms with van der Waals surface area (Å²) in [7, 11) is 0. The van der Waals surface area contributed by atoms with Crippen LogP contribution in [-0.4, -0.2) is 30.6 Å². The van der Waals surface area contributed by atoms with Gasteiger partial charge < -0.3 is 14.2 Å². The summed E-state index contributed by atoms with van der Waals surface area (Å²) in [5.41, 5.74) is 12.2. The minimum absolute atomic E-state index is 0.288. The lowest BCUT2D eigenvalue weighted by atomic mass is 9.80. The van der Waals surface area contributed by atoms with Gasteiger partial charge in [0.25, 0.3) is 0 Å². The predicted molar refractivity (Wildman–Crippen MR) is 130 cm³/mol. The van der Waals surface area contributed by atoms with E-state index in [0.29, 0.717) is 0 Å². The Balaban J connectivity index is 1.58. The molecule has 6 nitrogen and oxygen atoms in total. The summed E-state index contributed by atoms with van der Waals surface area (Å²) in [4.78, 5) is 3.02. The van der Waals surface area contributed by atoms with Gasteiger partial charge in [-0.1, -0.05) is 102 Å². The van der Waals surface area contributed by atoms with E-state index in [1.165, 1.54) is 0 Å². The lowest BCUT2D eigenvalue weighted by molar-refractivity contribution is -0.146. The van der Waals surface area contributed by atoms with Gasteiger partial charge >= 0.3 is 0 Å². The van der Waals surface area contributed by atoms with E-state index < -0.39 is 17.4 Å². The van der Waals surface area contributed by atoms with Crippen molar-refractivity contribution in [3.05, 3.63) is 130 Å². The molecule has 172 valence electrons. The molecule has 3 aromatic rings. The highest BCUT2D eigenvalue weighted by molar-refractivity contribution is 5.47. The van der Waals surface area contributed by atoms with Gasteiger partial charge in [0, 0.05) is 4.91 Å². The van der Waals surface area contributed by atoms with Gasteiger partial charge in [0.15, 0.2) is 5.79 Å². The molecule has 1 saturated heterocycles. The molecular weight excluding hydrogens is 426 g/mol. The van der Waals surface area contributed by atoms with Crippen molar-refractivity contribution in [2.24, 2.45) is 5.11 Å². The average molecular weight is 454 g/mol. The zero-order valence-corrected chi connectivity index (χ0v) is 19.2. The fraction of sp³-hybridized carbons (Fsp3) is 0.286. The van der Waals surface area contributed by atoms with Gasteiger partial charge in [0.1, 0.15) is 17.8 Å². The molecule has 5 rings (SSSR count). The van der Waals surface area contributed by atoms with Crippen molar-refractivity contribution < 1.29 is 14.2 Å². The molecular formula is C28H27N3O3. The maximum Gasteiger partial charge on any atom is 0.164 e. The zero-order chi connectivity index (χ0) is 23.6. The van der Waals surface area contributed by atoms with Gasteiger partial charge in [-0.2, -0.15) is 0 Å². The third-order valence-electron chi connectivity index (χ3n) is 6.40. The maximum atomic E-state index is 9.07. The summed E-state index contributed by atoms with van der Waals surface area (Å²) < 4.78 is 19.2. The molecule has 2 aliphatic rings. The monoisotopic (exact) mass is 453 g/mol. The number of benzene rings is 3. The van der Waals surface area contributed by atoms with Gasteiger partial charge in [-0.25, -0.2) is 0 Å².